The van der Waals surface area contributed by atoms with Crippen LogP contribution < -0.4 is 0 Å². The maximum atomic E-state index is 10.8. The van der Waals surface area contributed by atoms with E-state index in [9.17, 15) is 4.79 Å². The monoisotopic (exact) mass is 222 g/mol. The molecule has 0 aromatic heterocycles. The molecule has 1 aliphatic carbocycles. The van der Waals surface area contributed by atoms with Gasteiger partial charge in [0.1, 0.15) is 29.0 Å². The van der Waals surface area contributed by atoms with E-state index in [1.54, 1.807) is 6.08 Å². The predicted octanol–water partition coefficient (Wildman–Crippen LogP) is 2.25. The van der Waals surface area contributed by atoms with Gasteiger partial charge >= 0.3 is 5.97 Å². The van der Waals surface area contributed by atoms with Crippen LogP contribution in [0, 0.1) is 5.92 Å². The SMILES string of the molecule is CCOC1=C(C)OC2=CC(OC(C)=O)=CC21. The molecule has 86 valence electrons. The fraction of sp³-hybridized carbons (Fsp3) is 0.417. The number of allylic oxidation sites excluding steroid dienone is 2. The minimum Gasteiger partial charge on any atom is -0.494 e. The minimum absolute atomic E-state index is 0.0331. The molecule has 4 heteroatoms. The molecule has 0 saturated heterocycles. The summed E-state index contributed by atoms with van der Waals surface area (Å²) < 4.78 is 16.0. The van der Waals surface area contributed by atoms with Crippen molar-refractivity contribution in [3.05, 3.63) is 35.2 Å². The Morgan fingerprint density at radius 3 is 2.94 bits per heavy atom. The van der Waals surface area contributed by atoms with Crippen LogP contribution >= 0.6 is 0 Å². The predicted molar refractivity (Wildman–Crippen MR) is 56.8 cm³/mol. The molecule has 0 fully saturated rings. The maximum absolute atomic E-state index is 10.8. The number of esters is 1. The molecular formula is C12H14O4. The van der Waals surface area contributed by atoms with Gasteiger partial charge in [0.05, 0.1) is 6.61 Å². The van der Waals surface area contributed by atoms with E-state index in [2.05, 4.69) is 0 Å². The lowest BCUT2D eigenvalue weighted by Crippen LogP contribution is -2.01. The summed E-state index contributed by atoms with van der Waals surface area (Å²) in [5, 5.41) is 0. The zero-order valence-electron chi connectivity index (χ0n) is 9.57. The van der Waals surface area contributed by atoms with E-state index >= 15 is 0 Å². The molecule has 1 heterocycles. The van der Waals surface area contributed by atoms with Crippen LogP contribution in [0.2, 0.25) is 0 Å². The first kappa shape index (κ1) is 10.8. The summed E-state index contributed by atoms with van der Waals surface area (Å²) in [4.78, 5) is 10.8. The van der Waals surface area contributed by atoms with Crippen LogP contribution in [0.1, 0.15) is 20.8 Å². The van der Waals surface area contributed by atoms with Crippen molar-refractivity contribution in [2.45, 2.75) is 20.8 Å². The second-order valence-electron chi connectivity index (χ2n) is 3.64. The van der Waals surface area contributed by atoms with Gasteiger partial charge in [-0.1, -0.05) is 0 Å². The smallest absolute Gasteiger partial charge is 0.308 e. The van der Waals surface area contributed by atoms with Gasteiger partial charge in [-0.3, -0.25) is 4.79 Å². The van der Waals surface area contributed by atoms with E-state index in [4.69, 9.17) is 14.2 Å². The third-order valence-corrected chi connectivity index (χ3v) is 2.38. The molecule has 0 N–H and O–H groups in total. The van der Waals surface area contributed by atoms with Crippen molar-refractivity contribution >= 4 is 5.97 Å². The largest absolute Gasteiger partial charge is 0.494 e. The Labute approximate surface area is 94.2 Å². The Morgan fingerprint density at radius 1 is 1.56 bits per heavy atom. The van der Waals surface area contributed by atoms with Gasteiger partial charge in [0.2, 0.25) is 0 Å². The lowest BCUT2D eigenvalue weighted by atomic mass is 10.1. The number of carbonyl (C=O) groups excluding carboxylic acids is 1. The average Bonchev–Trinajstić information content (AvgIpc) is 2.66. The van der Waals surface area contributed by atoms with Crippen molar-refractivity contribution in [2.24, 2.45) is 5.92 Å². The Balaban J connectivity index is 2.17. The molecule has 0 saturated carbocycles. The molecule has 0 spiro atoms. The lowest BCUT2D eigenvalue weighted by Gasteiger charge is -2.07. The third-order valence-electron chi connectivity index (χ3n) is 2.38. The Hall–Kier alpha value is -1.71. The summed E-state index contributed by atoms with van der Waals surface area (Å²) in [5.41, 5.74) is 0. The molecule has 1 aliphatic heterocycles. The molecule has 0 radical (unpaired) electrons. The number of hydrogen-bond donors (Lipinski definition) is 0. The van der Waals surface area contributed by atoms with Gasteiger partial charge in [-0.2, -0.15) is 0 Å². The van der Waals surface area contributed by atoms with Crippen LogP contribution in [0.3, 0.4) is 0 Å². The summed E-state index contributed by atoms with van der Waals surface area (Å²) in [6.45, 7) is 5.76. The molecule has 0 aromatic rings. The first-order valence-corrected chi connectivity index (χ1v) is 5.25. The molecule has 2 rings (SSSR count). The lowest BCUT2D eigenvalue weighted by molar-refractivity contribution is -0.136. The number of carbonyl (C=O) groups is 1. The van der Waals surface area contributed by atoms with Crippen molar-refractivity contribution in [3.8, 4) is 0 Å². The second-order valence-corrected chi connectivity index (χ2v) is 3.64. The standard InChI is InChI=1S/C12H14O4/c1-4-14-12-7(2)15-11-6-9(5-10(11)12)16-8(3)13/h5-6,10H,4H2,1-3H3. The highest BCUT2D eigenvalue weighted by Gasteiger charge is 2.35. The third kappa shape index (κ3) is 1.83. The number of ether oxygens (including phenoxy) is 3. The van der Waals surface area contributed by atoms with Gasteiger partial charge in [0, 0.05) is 13.0 Å². The highest BCUT2D eigenvalue weighted by atomic mass is 16.5. The van der Waals surface area contributed by atoms with Crippen molar-refractivity contribution < 1.29 is 19.0 Å². The minimum atomic E-state index is -0.332. The van der Waals surface area contributed by atoms with Crippen LogP contribution in [0.4, 0.5) is 0 Å². The number of hydrogen-bond acceptors (Lipinski definition) is 4. The normalized spacial score (nSPS) is 22.3. The van der Waals surface area contributed by atoms with Gasteiger partial charge in [-0.15, -0.1) is 0 Å². The topological polar surface area (TPSA) is 44.8 Å². The first-order chi connectivity index (χ1) is 7.61. The molecular weight excluding hydrogens is 208 g/mol. The zero-order valence-corrected chi connectivity index (χ0v) is 9.57. The molecule has 16 heavy (non-hydrogen) atoms. The summed E-state index contributed by atoms with van der Waals surface area (Å²) >= 11 is 0. The van der Waals surface area contributed by atoms with E-state index in [-0.39, 0.29) is 11.9 Å². The quantitative estimate of drug-likeness (QED) is 0.687. The van der Waals surface area contributed by atoms with Crippen LogP contribution in [0.5, 0.6) is 0 Å². The fourth-order valence-corrected chi connectivity index (χ4v) is 1.84. The molecule has 0 bridgehead atoms. The van der Waals surface area contributed by atoms with Crippen LogP contribution in [0.15, 0.2) is 35.2 Å². The molecule has 1 atom stereocenters. The molecule has 0 amide bonds. The van der Waals surface area contributed by atoms with Gasteiger partial charge in [0.25, 0.3) is 0 Å². The number of fused-ring (bicyclic) bond motifs is 1. The van der Waals surface area contributed by atoms with E-state index in [1.165, 1.54) is 6.92 Å². The Kier molecular flexibility index (Phi) is 2.73. The van der Waals surface area contributed by atoms with Crippen molar-refractivity contribution in [1.82, 2.24) is 0 Å². The van der Waals surface area contributed by atoms with Gasteiger partial charge in [-0.25, -0.2) is 0 Å². The van der Waals surface area contributed by atoms with E-state index < -0.39 is 0 Å². The summed E-state index contributed by atoms with van der Waals surface area (Å²) in [5.74, 6) is 2.50. The maximum Gasteiger partial charge on any atom is 0.308 e. The highest BCUT2D eigenvalue weighted by Crippen LogP contribution is 2.40. The summed E-state index contributed by atoms with van der Waals surface area (Å²) in [6.07, 6.45) is 3.56. The Bertz CT molecular complexity index is 415. The van der Waals surface area contributed by atoms with Gasteiger partial charge in [-0.05, 0) is 19.9 Å². The van der Waals surface area contributed by atoms with Crippen molar-refractivity contribution in [1.29, 1.82) is 0 Å². The molecule has 2 aliphatic rings. The van der Waals surface area contributed by atoms with E-state index in [1.807, 2.05) is 19.9 Å². The summed E-state index contributed by atoms with van der Waals surface area (Å²) in [6, 6.07) is 0. The van der Waals surface area contributed by atoms with Crippen molar-refractivity contribution in [3.63, 3.8) is 0 Å². The van der Waals surface area contributed by atoms with Crippen LogP contribution in [-0.4, -0.2) is 12.6 Å². The molecule has 4 nitrogen and oxygen atoms in total. The molecule has 0 aromatic carbocycles. The fourth-order valence-electron chi connectivity index (χ4n) is 1.84. The zero-order chi connectivity index (χ0) is 11.7. The molecule has 1 unspecified atom stereocenters. The van der Waals surface area contributed by atoms with E-state index in [0.717, 1.165) is 17.3 Å². The Morgan fingerprint density at radius 2 is 2.31 bits per heavy atom. The van der Waals surface area contributed by atoms with Gasteiger partial charge in [0.15, 0.2) is 0 Å². The van der Waals surface area contributed by atoms with Crippen LogP contribution in [0.25, 0.3) is 0 Å². The number of rotatable bonds is 3. The second kappa shape index (κ2) is 4.04. The first-order valence-electron chi connectivity index (χ1n) is 5.25. The average molecular weight is 222 g/mol. The summed E-state index contributed by atoms with van der Waals surface area (Å²) in [7, 11) is 0. The van der Waals surface area contributed by atoms with Gasteiger partial charge < -0.3 is 14.2 Å². The highest BCUT2D eigenvalue weighted by molar-refractivity contribution is 5.68. The van der Waals surface area contributed by atoms with Crippen LogP contribution in [-0.2, 0) is 19.0 Å². The van der Waals surface area contributed by atoms with Crippen molar-refractivity contribution in [2.75, 3.05) is 6.61 Å². The van der Waals surface area contributed by atoms with E-state index in [0.29, 0.717) is 12.4 Å².